The number of rotatable bonds is 2. The molecule has 1 unspecified atom stereocenters. The van der Waals surface area contributed by atoms with Gasteiger partial charge in [-0.05, 0) is 39.7 Å². The summed E-state index contributed by atoms with van der Waals surface area (Å²) in [4.78, 5) is 31.0. The fourth-order valence-electron chi connectivity index (χ4n) is 4.88. The molecule has 4 heterocycles. The number of carbonyl (C=O) groups excluding carboxylic acids is 2. The molecule has 35 heavy (non-hydrogen) atoms. The van der Waals surface area contributed by atoms with Crippen LogP contribution in [0.2, 0.25) is 5.02 Å². The third-order valence-corrected chi connectivity index (χ3v) is 8.07. The molecule has 2 aromatic rings. The molecule has 1 aromatic carbocycles. The van der Waals surface area contributed by atoms with Crippen LogP contribution in [-0.4, -0.2) is 76.6 Å². The maximum absolute atomic E-state index is 13.6. The molecule has 3 aliphatic rings. The fourth-order valence-corrected chi connectivity index (χ4v) is 6.30. The lowest BCUT2D eigenvalue weighted by molar-refractivity contribution is 0.0166. The van der Waals surface area contributed by atoms with Crippen LogP contribution in [0.5, 0.6) is 0 Å². The maximum atomic E-state index is 13.6. The molecule has 0 bridgehead atoms. The second kappa shape index (κ2) is 9.67. The van der Waals surface area contributed by atoms with Crippen molar-refractivity contribution in [2.75, 3.05) is 39.4 Å². The second-order valence-corrected chi connectivity index (χ2v) is 11.5. The molecule has 3 aliphatic heterocycles. The van der Waals surface area contributed by atoms with Gasteiger partial charge in [0.2, 0.25) is 0 Å². The average molecular weight is 519 g/mol. The number of likely N-dealkylation sites (tertiary alicyclic amines) is 1. The molecule has 0 aliphatic carbocycles. The van der Waals surface area contributed by atoms with Gasteiger partial charge in [0.15, 0.2) is 5.69 Å². The predicted octanol–water partition coefficient (Wildman–Crippen LogP) is 4.85. The second-order valence-electron chi connectivity index (χ2n) is 10.2. The molecule has 0 N–H and O–H groups in total. The van der Waals surface area contributed by atoms with Crippen molar-refractivity contribution in [3.05, 3.63) is 34.5 Å². The highest BCUT2D eigenvalue weighted by atomic mass is 35.5. The van der Waals surface area contributed by atoms with E-state index < -0.39 is 5.60 Å². The van der Waals surface area contributed by atoms with Gasteiger partial charge in [-0.1, -0.05) is 23.7 Å². The van der Waals surface area contributed by atoms with Crippen LogP contribution in [0.4, 0.5) is 4.79 Å². The fraction of sp³-hybridized carbons (Fsp3) is 0.560. The third kappa shape index (κ3) is 4.90. The number of ether oxygens (including phenoxy) is 2. The number of aromatic nitrogens is 2. The average Bonchev–Trinajstić information content (AvgIpc) is 3.24. The van der Waals surface area contributed by atoms with Gasteiger partial charge in [0.1, 0.15) is 5.60 Å². The number of morpholine rings is 1. The Morgan fingerprint density at radius 3 is 2.69 bits per heavy atom. The summed E-state index contributed by atoms with van der Waals surface area (Å²) in [6.07, 6.45) is 1.39. The van der Waals surface area contributed by atoms with Crippen LogP contribution in [0.3, 0.4) is 0 Å². The van der Waals surface area contributed by atoms with Crippen molar-refractivity contribution >= 4 is 35.4 Å². The molecule has 2 fully saturated rings. The van der Waals surface area contributed by atoms with Crippen molar-refractivity contribution in [2.45, 2.75) is 55.9 Å². The lowest BCUT2D eigenvalue weighted by atomic mass is 10.0. The highest BCUT2D eigenvalue weighted by Crippen LogP contribution is 2.47. The van der Waals surface area contributed by atoms with E-state index in [0.717, 1.165) is 34.6 Å². The number of hydrogen-bond donors (Lipinski definition) is 0. The first-order chi connectivity index (χ1) is 16.7. The lowest BCUT2D eigenvalue weighted by Gasteiger charge is -2.35. The van der Waals surface area contributed by atoms with Crippen LogP contribution in [-0.2, 0) is 15.2 Å². The Balaban J connectivity index is 1.54. The summed E-state index contributed by atoms with van der Waals surface area (Å²) in [5.41, 5.74) is 2.81. The molecule has 0 saturated carbocycles. The van der Waals surface area contributed by atoms with E-state index in [1.54, 1.807) is 16.7 Å². The van der Waals surface area contributed by atoms with Gasteiger partial charge in [0.25, 0.3) is 5.91 Å². The van der Waals surface area contributed by atoms with E-state index in [-0.39, 0.29) is 18.0 Å². The molecule has 2 saturated heterocycles. The number of halogens is 1. The van der Waals surface area contributed by atoms with E-state index >= 15 is 0 Å². The van der Waals surface area contributed by atoms with Crippen molar-refractivity contribution in [1.82, 2.24) is 19.6 Å². The molecule has 8 nitrogen and oxygen atoms in total. The van der Waals surface area contributed by atoms with Gasteiger partial charge >= 0.3 is 6.09 Å². The number of amides is 2. The molecular formula is C25H31ClN4O4S. The Morgan fingerprint density at radius 2 is 1.94 bits per heavy atom. The van der Waals surface area contributed by atoms with E-state index in [0.29, 0.717) is 55.9 Å². The summed E-state index contributed by atoms with van der Waals surface area (Å²) in [7, 11) is 0. The molecule has 10 heteroatoms. The first-order valence-electron chi connectivity index (χ1n) is 12.1. The van der Waals surface area contributed by atoms with Gasteiger partial charge < -0.3 is 19.3 Å². The van der Waals surface area contributed by atoms with E-state index in [4.69, 9.17) is 26.2 Å². The van der Waals surface area contributed by atoms with Crippen LogP contribution in [0.25, 0.3) is 11.3 Å². The van der Waals surface area contributed by atoms with Crippen molar-refractivity contribution in [1.29, 1.82) is 0 Å². The van der Waals surface area contributed by atoms with Crippen LogP contribution in [0.15, 0.2) is 23.1 Å². The third-order valence-electron chi connectivity index (χ3n) is 6.49. The molecule has 1 aromatic heterocycles. The van der Waals surface area contributed by atoms with Crippen LogP contribution in [0.1, 0.15) is 55.7 Å². The summed E-state index contributed by atoms with van der Waals surface area (Å²) in [5.74, 6) is 0.564. The zero-order valence-corrected chi connectivity index (χ0v) is 22.0. The SMILES string of the molecule is CC(C)(C)OC(=O)N1CCCC(n2nc(C(=O)N3CCOCC3)c3c2-c2cccc(Cl)c2SC3)C1. The first kappa shape index (κ1) is 24.5. The lowest BCUT2D eigenvalue weighted by Crippen LogP contribution is -2.43. The van der Waals surface area contributed by atoms with Crippen molar-refractivity contribution in [3.63, 3.8) is 0 Å². The Hall–Kier alpha value is -2.23. The summed E-state index contributed by atoms with van der Waals surface area (Å²) in [6.45, 7) is 8.94. The summed E-state index contributed by atoms with van der Waals surface area (Å²) in [6, 6.07) is 5.81. The summed E-state index contributed by atoms with van der Waals surface area (Å²) in [5, 5.41) is 5.64. The number of fused-ring (bicyclic) bond motifs is 3. The smallest absolute Gasteiger partial charge is 0.410 e. The van der Waals surface area contributed by atoms with Gasteiger partial charge in [-0.2, -0.15) is 5.10 Å². The minimum Gasteiger partial charge on any atom is -0.444 e. The minimum absolute atomic E-state index is 0.0609. The largest absolute Gasteiger partial charge is 0.444 e. The summed E-state index contributed by atoms with van der Waals surface area (Å²) < 4.78 is 13.1. The highest BCUT2D eigenvalue weighted by Gasteiger charge is 2.36. The topological polar surface area (TPSA) is 76.9 Å². The normalized spacial score (nSPS) is 20.3. The Labute approximate surface area is 214 Å². The maximum Gasteiger partial charge on any atom is 0.410 e. The van der Waals surface area contributed by atoms with E-state index in [1.807, 2.05) is 48.6 Å². The molecular weight excluding hydrogens is 488 g/mol. The summed E-state index contributed by atoms with van der Waals surface area (Å²) >= 11 is 8.20. The van der Waals surface area contributed by atoms with E-state index in [9.17, 15) is 9.59 Å². The zero-order valence-electron chi connectivity index (χ0n) is 20.4. The molecule has 0 radical (unpaired) electrons. The van der Waals surface area contributed by atoms with E-state index in [1.165, 1.54) is 0 Å². The van der Waals surface area contributed by atoms with Crippen LogP contribution < -0.4 is 0 Å². The van der Waals surface area contributed by atoms with Gasteiger partial charge in [-0.3, -0.25) is 9.48 Å². The Morgan fingerprint density at radius 1 is 1.17 bits per heavy atom. The van der Waals surface area contributed by atoms with Crippen LogP contribution >= 0.6 is 23.4 Å². The van der Waals surface area contributed by atoms with E-state index in [2.05, 4.69) is 0 Å². The van der Waals surface area contributed by atoms with Crippen molar-refractivity contribution in [3.8, 4) is 11.3 Å². The van der Waals surface area contributed by atoms with Crippen molar-refractivity contribution < 1.29 is 19.1 Å². The number of thioether (sulfide) groups is 1. The first-order valence-corrected chi connectivity index (χ1v) is 13.5. The number of benzene rings is 1. The monoisotopic (exact) mass is 518 g/mol. The molecule has 188 valence electrons. The Kier molecular flexibility index (Phi) is 6.76. The predicted molar refractivity (Wildman–Crippen MR) is 135 cm³/mol. The highest BCUT2D eigenvalue weighted by molar-refractivity contribution is 7.98. The van der Waals surface area contributed by atoms with Gasteiger partial charge in [0.05, 0.1) is 30.0 Å². The molecule has 0 spiro atoms. The Bertz CT molecular complexity index is 1140. The standard InChI is InChI=1S/C25H31ClN4O4S/c1-25(2,3)34-24(32)29-9-5-6-16(14-29)30-21-17-7-4-8-19(26)22(17)35-15-18(21)20(27-30)23(31)28-10-12-33-13-11-28/h4,7-8,16H,5-6,9-15H2,1-3H3. The van der Waals surface area contributed by atoms with Crippen LogP contribution in [0, 0.1) is 0 Å². The molecule has 2 amide bonds. The van der Waals surface area contributed by atoms with Gasteiger partial charge in [-0.15, -0.1) is 11.8 Å². The number of hydrogen-bond acceptors (Lipinski definition) is 6. The number of nitrogens with zero attached hydrogens (tertiary/aromatic N) is 4. The quantitative estimate of drug-likeness (QED) is 0.565. The number of carbonyl (C=O) groups is 2. The van der Waals surface area contributed by atoms with Crippen molar-refractivity contribution in [2.24, 2.45) is 0 Å². The van der Waals surface area contributed by atoms with Gasteiger partial charge in [0, 0.05) is 48.0 Å². The molecule has 5 rings (SSSR count). The van der Waals surface area contributed by atoms with Gasteiger partial charge in [-0.25, -0.2) is 4.79 Å². The zero-order chi connectivity index (χ0) is 24.7. The number of piperidine rings is 1. The molecule has 1 atom stereocenters. The minimum atomic E-state index is -0.556.